The predicted octanol–water partition coefficient (Wildman–Crippen LogP) is 1.58. The van der Waals surface area contributed by atoms with Gasteiger partial charge in [-0.05, 0) is 32.0 Å². The molecule has 1 aromatic heterocycles. The second-order valence-electron chi connectivity index (χ2n) is 3.84. The molecule has 0 bridgehead atoms. The summed E-state index contributed by atoms with van der Waals surface area (Å²) < 4.78 is 1.78. The van der Waals surface area contributed by atoms with Crippen LogP contribution in [0.4, 0.5) is 0 Å². The summed E-state index contributed by atoms with van der Waals surface area (Å²) in [6.45, 7) is 3.89. The van der Waals surface area contributed by atoms with Gasteiger partial charge >= 0.3 is 0 Å². The lowest BCUT2D eigenvalue weighted by atomic mass is 10.1. The van der Waals surface area contributed by atoms with Crippen LogP contribution >= 0.6 is 0 Å². The van der Waals surface area contributed by atoms with Crippen molar-refractivity contribution in [2.24, 2.45) is 10.9 Å². The Bertz CT molecular complexity index is 572. The highest BCUT2D eigenvalue weighted by Gasteiger charge is 2.11. The summed E-state index contributed by atoms with van der Waals surface area (Å²) in [5.41, 5.74) is 9.03. The van der Waals surface area contributed by atoms with E-state index < -0.39 is 0 Å². The molecule has 2 aromatic rings. The molecule has 0 aliphatic rings. The molecule has 0 aliphatic carbocycles. The lowest BCUT2D eigenvalue weighted by Crippen LogP contribution is -2.17. The number of hydrogen-bond acceptors (Lipinski definition) is 3. The fraction of sp³-hybridized carbons (Fsp3) is 0.167. The molecule has 1 aromatic carbocycles. The van der Waals surface area contributed by atoms with Crippen molar-refractivity contribution in [1.82, 2.24) is 9.78 Å². The zero-order valence-electron chi connectivity index (χ0n) is 9.75. The van der Waals surface area contributed by atoms with E-state index in [-0.39, 0.29) is 5.84 Å². The summed E-state index contributed by atoms with van der Waals surface area (Å²) in [7, 11) is 0. The monoisotopic (exact) mass is 230 g/mol. The molecule has 88 valence electrons. The van der Waals surface area contributed by atoms with Gasteiger partial charge in [0.1, 0.15) is 0 Å². The number of hydrogen-bond donors (Lipinski definition) is 2. The second-order valence-corrected chi connectivity index (χ2v) is 3.84. The predicted molar refractivity (Wildman–Crippen MR) is 65.5 cm³/mol. The van der Waals surface area contributed by atoms with Gasteiger partial charge in [-0.15, -0.1) is 0 Å². The number of benzene rings is 1. The Morgan fingerprint density at radius 1 is 1.35 bits per heavy atom. The highest BCUT2D eigenvalue weighted by molar-refractivity contribution is 6.00. The van der Waals surface area contributed by atoms with Crippen LogP contribution in [0.2, 0.25) is 0 Å². The van der Waals surface area contributed by atoms with Gasteiger partial charge in [0, 0.05) is 11.3 Å². The first-order valence-electron chi connectivity index (χ1n) is 5.24. The molecule has 0 amide bonds. The fourth-order valence-corrected chi connectivity index (χ4v) is 1.80. The van der Waals surface area contributed by atoms with Gasteiger partial charge in [-0.2, -0.15) is 5.10 Å². The minimum Gasteiger partial charge on any atom is -0.409 e. The van der Waals surface area contributed by atoms with E-state index in [4.69, 9.17) is 10.9 Å². The van der Waals surface area contributed by atoms with Crippen LogP contribution in [0, 0.1) is 13.8 Å². The fourth-order valence-electron chi connectivity index (χ4n) is 1.80. The maximum atomic E-state index is 8.77. The minimum absolute atomic E-state index is 0.0770. The molecule has 5 nitrogen and oxygen atoms in total. The molecule has 5 heteroatoms. The standard InChI is InChI=1S/C12H14N4O/c1-8-7-9(2)16(14-8)11-6-4-3-5-10(11)12(13)15-17/h3-7,17H,1-2H3,(H2,13,15). The highest BCUT2D eigenvalue weighted by atomic mass is 16.4. The Labute approximate surface area is 99.2 Å². The van der Waals surface area contributed by atoms with Gasteiger partial charge in [0.15, 0.2) is 5.84 Å². The topological polar surface area (TPSA) is 76.4 Å². The number of rotatable bonds is 2. The summed E-state index contributed by atoms with van der Waals surface area (Å²) in [5, 5.41) is 16.2. The molecule has 0 aliphatic heterocycles. The summed E-state index contributed by atoms with van der Waals surface area (Å²) in [6, 6.07) is 9.37. The van der Waals surface area contributed by atoms with Crippen LogP contribution in [0.5, 0.6) is 0 Å². The smallest absolute Gasteiger partial charge is 0.172 e. The third-order valence-corrected chi connectivity index (χ3v) is 2.53. The lowest BCUT2D eigenvalue weighted by Gasteiger charge is -2.09. The van der Waals surface area contributed by atoms with Crippen LogP contribution in [0.3, 0.4) is 0 Å². The maximum absolute atomic E-state index is 8.77. The lowest BCUT2D eigenvalue weighted by molar-refractivity contribution is 0.318. The molecule has 0 atom stereocenters. The second kappa shape index (κ2) is 4.29. The van der Waals surface area contributed by atoms with E-state index in [9.17, 15) is 0 Å². The SMILES string of the molecule is Cc1cc(C)n(-c2ccccc2/C(N)=N/O)n1. The van der Waals surface area contributed by atoms with Crippen LogP contribution in [0.1, 0.15) is 17.0 Å². The first-order chi connectivity index (χ1) is 8.13. The van der Waals surface area contributed by atoms with Gasteiger partial charge in [0.05, 0.1) is 11.4 Å². The molecule has 0 spiro atoms. The molecule has 2 rings (SSSR count). The first kappa shape index (κ1) is 11.2. The molecule has 3 N–H and O–H groups in total. The van der Waals surface area contributed by atoms with E-state index in [0.29, 0.717) is 5.56 Å². The van der Waals surface area contributed by atoms with E-state index >= 15 is 0 Å². The van der Waals surface area contributed by atoms with Gasteiger partial charge in [-0.25, -0.2) is 4.68 Å². The van der Waals surface area contributed by atoms with Crippen molar-refractivity contribution >= 4 is 5.84 Å². The molecule has 0 saturated heterocycles. The molecule has 0 saturated carbocycles. The molecular weight excluding hydrogens is 216 g/mol. The van der Waals surface area contributed by atoms with E-state index in [2.05, 4.69) is 10.3 Å². The van der Waals surface area contributed by atoms with Gasteiger partial charge in [0.25, 0.3) is 0 Å². The van der Waals surface area contributed by atoms with Crippen LogP contribution < -0.4 is 5.73 Å². The van der Waals surface area contributed by atoms with Crippen molar-refractivity contribution in [2.75, 3.05) is 0 Å². The molecular formula is C12H14N4O. The third-order valence-electron chi connectivity index (χ3n) is 2.53. The van der Waals surface area contributed by atoms with Crippen molar-refractivity contribution in [3.8, 4) is 5.69 Å². The Kier molecular flexibility index (Phi) is 2.82. The number of para-hydroxylation sites is 1. The molecule has 0 radical (unpaired) electrons. The Morgan fingerprint density at radius 2 is 2.06 bits per heavy atom. The van der Waals surface area contributed by atoms with Gasteiger partial charge in [0.2, 0.25) is 0 Å². The number of aromatic nitrogens is 2. The number of oxime groups is 1. The Hall–Kier alpha value is -2.30. The average Bonchev–Trinajstić information content (AvgIpc) is 2.67. The maximum Gasteiger partial charge on any atom is 0.172 e. The first-order valence-corrected chi connectivity index (χ1v) is 5.24. The number of nitrogens with zero attached hydrogens (tertiary/aromatic N) is 3. The van der Waals surface area contributed by atoms with E-state index in [0.717, 1.165) is 17.1 Å². The molecule has 1 heterocycles. The average molecular weight is 230 g/mol. The number of amidine groups is 1. The molecule has 0 unspecified atom stereocenters. The quantitative estimate of drug-likeness (QED) is 0.356. The Morgan fingerprint density at radius 3 is 2.65 bits per heavy atom. The van der Waals surface area contributed by atoms with Crippen molar-refractivity contribution in [1.29, 1.82) is 0 Å². The van der Waals surface area contributed by atoms with E-state index in [1.54, 1.807) is 10.7 Å². The van der Waals surface area contributed by atoms with Crippen LogP contribution in [0.15, 0.2) is 35.5 Å². The zero-order valence-corrected chi connectivity index (χ0v) is 9.75. The van der Waals surface area contributed by atoms with Gasteiger partial charge in [-0.1, -0.05) is 17.3 Å². The van der Waals surface area contributed by atoms with Crippen molar-refractivity contribution in [3.05, 3.63) is 47.3 Å². The van der Waals surface area contributed by atoms with Crippen LogP contribution in [-0.4, -0.2) is 20.8 Å². The largest absolute Gasteiger partial charge is 0.409 e. The van der Waals surface area contributed by atoms with E-state index in [1.165, 1.54) is 0 Å². The van der Waals surface area contributed by atoms with Gasteiger partial charge < -0.3 is 10.9 Å². The van der Waals surface area contributed by atoms with E-state index in [1.807, 2.05) is 38.1 Å². The van der Waals surface area contributed by atoms with Gasteiger partial charge in [-0.3, -0.25) is 0 Å². The highest BCUT2D eigenvalue weighted by Crippen LogP contribution is 2.16. The number of nitrogens with two attached hydrogens (primary N) is 1. The normalized spacial score (nSPS) is 11.8. The minimum atomic E-state index is 0.0770. The summed E-state index contributed by atoms with van der Waals surface area (Å²) >= 11 is 0. The van der Waals surface area contributed by atoms with Crippen LogP contribution in [-0.2, 0) is 0 Å². The zero-order chi connectivity index (χ0) is 12.4. The number of aryl methyl sites for hydroxylation is 2. The third kappa shape index (κ3) is 1.99. The molecule has 0 fully saturated rings. The van der Waals surface area contributed by atoms with Crippen molar-refractivity contribution in [3.63, 3.8) is 0 Å². The summed E-state index contributed by atoms with van der Waals surface area (Å²) in [5.74, 6) is 0.0770. The summed E-state index contributed by atoms with van der Waals surface area (Å²) in [4.78, 5) is 0. The van der Waals surface area contributed by atoms with Crippen molar-refractivity contribution in [2.45, 2.75) is 13.8 Å². The molecule has 17 heavy (non-hydrogen) atoms. The van der Waals surface area contributed by atoms with Crippen LogP contribution in [0.25, 0.3) is 5.69 Å². The Balaban J connectivity index is 2.64. The van der Waals surface area contributed by atoms with Crippen molar-refractivity contribution < 1.29 is 5.21 Å². The summed E-state index contributed by atoms with van der Waals surface area (Å²) in [6.07, 6.45) is 0.